The molecule has 0 unspecified atom stereocenters. The molecule has 174 valence electrons. The van der Waals surface area contributed by atoms with E-state index in [0.717, 1.165) is 32.5 Å². The Balaban J connectivity index is 1.63. The lowest BCUT2D eigenvalue weighted by Gasteiger charge is -2.22. The van der Waals surface area contributed by atoms with Gasteiger partial charge in [0.2, 0.25) is 0 Å². The highest BCUT2D eigenvalue weighted by atomic mass is 16.5. The highest BCUT2D eigenvalue weighted by Gasteiger charge is 2.12. The molecule has 0 aromatic heterocycles. The SMILES string of the molecule is CCCCCCCCCCCCCCCCOCCOCCOC1CCNCC1. The van der Waals surface area contributed by atoms with Crippen molar-refractivity contribution in [1.29, 1.82) is 0 Å². The van der Waals surface area contributed by atoms with Crippen LogP contribution in [0.3, 0.4) is 0 Å². The van der Waals surface area contributed by atoms with Crippen LogP contribution in [-0.4, -0.2) is 52.2 Å². The van der Waals surface area contributed by atoms with Crippen molar-refractivity contribution >= 4 is 0 Å². The molecular formula is C25H51NO3. The van der Waals surface area contributed by atoms with E-state index in [-0.39, 0.29) is 0 Å². The van der Waals surface area contributed by atoms with Gasteiger partial charge in [0.25, 0.3) is 0 Å². The molecule has 0 radical (unpaired) electrons. The Bertz CT molecular complexity index is 308. The summed E-state index contributed by atoms with van der Waals surface area (Å²) in [7, 11) is 0. The Morgan fingerprint density at radius 2 is 1.00 bits per heavy atom. The zero-order valence-electron chi connectivity index (χ0n) is 19.6. The summed E-state index contributed by atoms with van der Waals surface area (Å²) in [5, 5.41) is 3.35. The summed E-state index contributed by atoms with van der Waals surface area (Å²) in [6, 6.07) is 0. The van der Waals surface area contributed by atoms with Gasteiger partial charge in [0.05, 0.1) is 32.5 Å². The number of rotatable bonds is 22. The summed E-state index contributed by atoms with van der Waals surface area (Å²) in [6.07, 6.45) is 22.3. The van der Waals surface area contributed by atoms with E-state index in [0.29, 0.717) is 32.5 Å². The monoisotopic (exact) mass is 413 g/mol. The van der Waals surface area contributed by atoms with Gasteiger partial charge in [0, 0.05) is 6.61 Å². The van der Waals surface area contributed by atoms with Gasteiger partial charge in [-0.2, -0.15) is 0 Å². The standard InChI is InChI=1S/C25H51NO3/c1-2-3-4-5-6-7-8-9-10-11-12-13-14-15-20-27-21-22-28-23-24-29-25-16-18-26-19-17-25/h25-26H,2-24H2,1H3. The first-order chi connectivity index (χ1) is 14.4. The van der Waals surface area contributed by atoms with Crippen molar-refractivity contribution < 1.29 is 14.2 Å². The van der Waals surface area contributed by atoms with E-state index >= 15 is 0 Å². The van der Waals surface area contributed by atoms with Gasteiger partial charge in [-0.25, -0.2) is 0 Å². The van der Waals surface area contributed by atoms with E-state index in [1.807, 2.05) is 0 Å². The number of hydrogen-bond donors (Lipinski definition) is 1. The molecule has 0 atom stereocenters. The Hall–Kier alpha value is -0.160. The summed E-state index contributed by atoms with van der Waals surface area (Å²) in [5.41, 5.74) is 0. The van der Waals surface area contributed by atoms with Crippen LogP contribution in [0.1, 0.15) is 110 Å². The third-order valence-corrected chi connectivity index (χ3v) is 5.88. The lowest BCUT2D eigenvalue weighted by atomic mass is 10.0. The maximum Gasteiger partial charge on any atom is 0.0704 e. The molecular weight excluding hydrogens is 362 g/mol. The van der Waals surface area contributed by atoms with Gasteiger partial charge >= 0.3 is 0 Å². The molecule has 0 aliphatic carbocycles. The number of unbranched alkanes of at least 4 members (excludes halogenated alkanes) is 13. The van der Waals surface area contributed by atoms with Gasteiger partial charge in [-0.1, -0.05) is 90.4 Å². The van der Waals surface area contributed by atoms with Crippen molar-refractivity contribution in [2.24, 2.45) is 0 Å². The minimum atomic E-state index is 0.427. The Labute approximate surface area is 181 Å². The topological polar surface area (TPSA) is 39.7 Å². The van der Waals surface area contributed by atoms with Crippen LogP contribution in [0, 0.1) is 0 Å². The molecule has 0 amide bonds. The molecule has 1 fully saturated rings. The zero-order valence-corrected chi connectivity index (χ0v) is 19.6. The second-order valence-corrected chi connectivity index (χ2v) is 8.64. The van der Waals surface area contributed by atoms with Crippen LogP contribution in [-0.2, 0) is 14.2 Å². The lowest BCUT2D eigenvalue weighted by Crippen LogP contribution is -2.33. The minimum Gasteiger partial charge on any atom is -0.379 e. The van der Waals surface area contributed by atoms with Gasteiger partial charge in [0.15, 0.2) is 0 Å². The van der Waals surface area contributed by atoms with E-state index < -0.39 is 0 Å². The van der Waals surface area contributed by atoms with Crippen LogP contribution in [0.15, 0.2) is 0 Å². The Morgan fingerprint density at radius 1 is 0.552 bits per heavy atom. The minimum absolute atomic E-state index is 0.427. The number of nitrogens with one attached hydrogen (secondary N) is 1. The van der Waals surface area contributed by atoms with Crippen molar-refractivity contribution in [1.82, 2.24) is 5.32 Å². The number of piperidine rings is 1. The van der Waals surface area contributed by atoms with Gasteiger partial charge in [-0.05, 0) is 32.4 Å². The first kappa shape index (κ1) is 26.9. The second-order valence-electron chi connectivity index (χ2n) is 8.64. The fourth-order valence-corrected chi connectivity index (χ4v) is 3.96. The number of hydrogen-bond acceptors (Lipinski definition) is 4. The first-order valence-electron chi connectivity index (χ1n) is 12.9. The largest absolute Gasteiger partial charge is 0.379 e. The van der Waals surface area contributed by atoms with Crippen molar-refractivity contribution in [2.45, 2.75) is 116 Å². The maximum atomic E-state index is 5.81. The Kier molecular flexibility index (Phi) is 20.9. The van der Waals surface area contributed by atoms with Gasteiger partial charge in [-0.3, -0.25) is 0 Å². The second kappa shape index (κ2) is 22.5. The van der Waals surface area contributed by atoms with E-state index in [9.17, 15) is 0 Å². The molecule has 0 spiro atoms. The molecule has 1 heterocycles. The van der Waals surface area contributed by atoms with E-state index in [2.05, 4.69) is 12.2 Å². The average Bonchev–Trinajstić information content (AvgIpc) is 2.75. The fourth-order valence-electron chi connectivity index (χ4n) is 3.96. The summed E-state index contributed by atoms with van der Waals surface area (Å²) >= 11 is 0. The number of ether oxygens (including phenoxy) is 3. The normalized spacial score (nSPS) is 15.2. The molecule has 0 bridgehead atoms. The summed E-state index contributed by atoms with van der Waals surface area (Å²) in [6.45, 7) is 8.14. The summed E-state index contributed by atoms with van der Waals surface area (Å²) in [4.78, 5) is 0. The molecule has 1 rings (SSSR count). The Morgan fingerprint density at radius 3 is 1.55 bits per heavy atom. The van der Waals surface area contributed by atoms with Crippen LogP contribution in [0.2, 0.25) is 0 Å². The van der Waals surface area contributed by atoms with Crippen LogP contribution < -0.4 is 5.32 Å². The molecule has 29 heavy (non-hydrogen) atoms. The fraction of sp³-hybridized carbons (Fsp3) is 1.00. The third kappa shape index (κ3) is 19.5. The third-order valence-electron chi connectivity index (χ3n) is 5.88. The molecule has 1 aliphatic heterocycles. The van der Waals surface area contributed by atoms with Crippen molar-refractivity contribution in [3.05, 3.63) is 0 Å². The van der Waals surface area contributed by atoms with Crippen LogP contribution in [0.25, 0.3) is 0 Å². The molecule has 1 N–H and O–H groups in total. The quantitative estimate of drug-likeness (QED) is 0.212. The van der Waals surface area contributed by atoms with Crippen molar-refractivity contribution in [3.8, 4) is 0 Å². The van der Waals surface area contributed by atoms with Crippen LogP contribution in [0.5, 0.6) is 0 Å². The smallest absolute Gasteiger partial charge is 0.0704 e. The molecule has 0 aromatic rings. The molecule has 0 aromatic carbocycles. The molecule has 4 heteroatoms. The van der Waals surface area contributed by atoms with Crippen LogP contribution >= 0.6 is 0 Å². The summed E-state index contributed by atoms with van der Waals surface area (Å²) in [5.74, 6) is 0. The average molecular weight is 414 g/mol. The predicted molar refractivity (Wildman–Crippen MR) is 124 cm³/mol. The highest BCUT2D eigenvalue weighted by molar-refractivity contribution is 4.67. The zero-order chi connectivity index (χ0) is 20.7. The predicted octanol–water partition coefficient (Wildman–Crippen LogP) is 6.27. The van der Waals surface area contributed by atoms with E-state index in [1.54, 1.807) is 0 Å². The molecule has 1 saturated heterocycles. The van der Waals surface area contributed by atoms with Gasteiger partial charge in [-0.15, -0.1) is 0 Å². The van der Waals surface area contributed by atoms with Crippen LogP contribution in [0.4, 0.5) is 0 Å². The summed E-state index contributed by atoms with van der Waals surface area (Å²) < 4.78 is 17.1. The van der Waals surface area contributed by atoms with Gasteiger partial charge < -0.3 is 19.5 Å². The molecule has 4 nitrogen and oxygen atoms in total. The molecule has 1 aliphatic rings. The van der Waals surface area contributed by atoms with E-state index in [4.69, 9.17) is 14.2 Å². The van der Waals surface area contributed by atoms with Crippen molar-refractivity contribution in [2.75, 3.05) is 46.1 Å². The highest BCUT2D eigenvalue weighted by Crippen LogP contribution is 2.13. The molecule has 0 saturated carbocycles. The lowest BCUT2D eigenvalue weighted by molar-refractivity contribution is -0.0199. The maximum absolute atomic E-state index is 5.81. The first-order valence-corrected chi connectivity index (χ1v) is 12.9. The van der Waals surface area contributed by atoms with Crippen molar-refractivity contribution in [3.63, 3.8) is 0 Å². The van der Waals surface area contributed by atoms with E-state index in [1.165, 1.54) is 89.9 Å². The van der Waals surface area contributed by atoms with Gasteiger partial charge in [0.1, 0.15) is 0 Å².